The summed E-state index contributed by atoms with van der Waals surface area (Å²) in [7, 11) is 1.69. The number of hydrogen-bond donors (Lipinski definition) is 3. The highest BCUT2D eigenvalue weighted by atomic mass is 19.1. The van der Waals surface area contributed by atoms with Crippen molar-refractivity contribution in [1.82, 2.24) is 19.3 Å². The van der Waals surface area contributed by atoms with Crippen LogP contribution in [0.3, 0.4) is 0 Å². The zero-order valence-electron chi connectivity index (χ0n) is 18.3. The van der Waals surface area contributed by atoms with Crippen molar-refractivity contribution in [1.29, 1.82) is 0 Å². The molecule has 1 aliphatic carbocycles. The Labute approximate surface area is 189 Å². The second-order valence-electron chi connectivity index (χ2n) is 8.84. The summed E-state index contributed by atoms with van der Waals surface area (Å²) in [5.41, 5.74) is 7.32. The molecule has 4 N–H and O–H groups in total. The number of nitrogens with two attached hydrogens (primary N) is 1. The summed E-state index contributed by atoms with van der Waals surface area (Å²) in [6, 6.07) is 4.45. The molecule has 2 atom stereocenters. The van der Waals surface area contributed by atoms with Crippen molar-refractivity contribution in [2.24, 2.45) is 12.8 Å². The smallest absolute Gasteiger partial charge is 0.269 e. The fourth-order valence-electron chi connectivity index (χ4n) is 4.34. The fourth-order valence-corrected chi connectivity index (χ4v) is 4.34. The van der Waals surface area contributed by atoms with Gasteiger partial charge in [0.1, 0.15) is 23.3 Å². The molecule has 168 valence electrons. The van der Waals surface area contributed by atoms with Crippen molar-refractivity contribution in [3.63, 3.8) is 0 Å². The van der Waals surface area contributed by atoms with Gasteiger partial charge in [-0.15, -0.1) is 0 Å². The van der Waals surface area contributed by atoms with Gasteiger partial charge in [0, 0.05) is 18.8 Å². The number of allylic oxidation sites excluding steroid dienone is 2. The number of carbonyl (C=O) groups excluding carboxylic acids is 1. The molecular formula is C24H22FN5O3. The maximum Gasteiger partial charge on any atom is 0.269 e. The van der Waals surface area contributed by atoms with E-state index >= 15 is 0 Å². The molecule has 6 rings (SSSR count). The third-order valence-corrected chi connectivity index (χ3v) is 5.93. The number of rotatable bonds is 3. The third-order valence-electron chi connectivity index (χ3n) is 5.93. The number of aryl methyl sites for hydroxylation is 1. The predicted octanol–water partition coefficient (Wildman–Crippen LogP) is 2.07. The first-order chi connectivity index (χ1) is 15.5. The van der Waals surface area contributed by atoms with Gasteiger partial charge in [0.2, 0.25) is 0 Å². The highest BCUT2D eigenvalue weighted by Gasteiger charge is 2.38. The van der Waals surface area contributed by atoms with Gasteiger partial charge in [0.25, 0.3) is 5.91 Å². The van der Waals surface area contributed by atoms with Crippen molar-refractivity contribution < 1.29 is 19.4 Å². The molecule has 0 fully saturated rings. The summed E-state index contributed by atoms with van der Waals surface area (Å²) in [6.45, 7) is 3.03. The SMILES string of the molecule is Cn1nccc1C(O)c1c(C(N)=O)nc2n1C1C=C(C1)c1cc(F)c(C#CC(C)(C)O)cc1-2. The van der Waals surface area contributed by atoms with Crippen LogP contribution in [0.1, 0.15) is 65.4 Å². The van der Waals surface area contributed by atoms with E-state index in [2.05, 4.69) is 21.9 Å². The van der Waals surface area contributed by atoms with Gasteiger partial charge >= 0.3 is 0 Å². The van der Waals surface area contributed by atoms with Crippen LogP contribution in [-0.2, 0) is 7.05 Å². The van der Waals surface area contributed by atoms with Crippen molar-refractivity contribution >= 4 is 11.5 Å². The Hall–Kier alpha value is -3.74. The molecule has 3 aliphatic rings. The van der Waals surface area contributed by atoms with Gasteiger partial charge in [0.05, 0.1) is 23.0 Å². The Morgan fingerprint density at radius 3 is 2.70 bits per heavy atom. The summed E-state index contributed by atoms with van der Waals surface area (Å²) in [5.74, 6) is 4.43. The van der Waals surface area contributed by atoms with E-state index in [1.807, 2.05) is 6.08 Å². The number of primary amides is 1. The van der Waals surface area contributed by atoms with Crippen molar-refractivity contribution in [3.8, 4) is 23.2 Å². The standard InChI is InChI=1S/C24H22FN5O3/c1-24(2,33)6-4-12-10-16-15(11-17(12)25)13-8-14(9-13)30-20(19(22(26)32)28-23(16)30)21(31)18-5-7-27-29(18)3/h5,7-8,10-11,14,21,31,33H,9H2,1-3H3,(H2,26,32). The number of nitrogens with zero attached hydrogens (tertiary/aromatic N) is 4. The first-order valence-corrected chi connectivity index (χ1v) is 10.4. The molecule has 0 saturated heterocycles. The molecule has 8 nitrogen and oxygen atoms in total. The van der Waals surface area contributed by atoms with E-state index in [1.54, 1.807) is 29.9 Å². The van der Waals surface area contributed by atoms with Crippen LogP contribution in [-0.4, -0.2) is 41.1 Å². The zero-order valence-corrected chi connectivity index (χ0v) is 18.3. The fraction of sp³-hybridized carbons (Fsp3) is 0.292. The first-order valence-electron chi connectivity index (χ1n) is 10.4. The first kappa shape index (κ1) is 21.1. The monoisotopic (exact) mass is 447 g/mol. The third kappa shape index (κ3) is 3.35. The van der Waals surface area contributed by atoms with E-state index < -0.39 is 23.4 Å². The van der Waals surface area contributed by atoms with Crippen LogP contribution in [0.25, 0.3) is 17.0 Å². The molecule has 9 heteroatoms. The van der Waals surface area contributed by atoms with Crippen LogP contribution in [0.4, 0.5) is 4.39 Å². The summed E-state index contributed by atoms with van der Waals surface area (Å²) in [4.78, 5) is 16.9. The van der Waals surface area contributed by atoms with Gasteiger partial charge in [-0.05, 0) is 49.6 Å². The van der Waals surface area contributed by atoms with E-state index in [4.69, 9.17) is 5.73 Å². The lowest BCUT2D eigenvalue weighted by Crippen LogP contribution is -2.22. The van der Waals surface area contributed by atoms with Crippen LogP contribution in [0.15, 0.2) is 30.5 Å². The molecule has 4 heterocycles. The van der Waals surface area contributed by atoms with Crippen LogP contribution in [0.5, 0.6) is 0 Å². The van der Waals surface area contributed by atoms with Gasteiger partial charge in [-0.25, -0.2) is 9.37 Å². The van der Waals surface area contributed by atoms with Crippen LogP contribution in [0, 0.1) is 17.7 Å². The summed E-state index contributed by atoms with van der Waals surface area (Å²) in [5, 5.41) is 25.3. The van der Waals surface area contributed by atoms with Gasteiger partial charge < -0.3 is 20.5 Å². The number of carbonyl (C=O) groups is 1. The maximum absolute atomic E-state index is 14.9. The molecule has 33 heavy (non-hydrogen) atoms. The second-order valence-corrected chi connectivity index (χ2v) is 8.84. The van der Waals surface area contributed by atoms with Crippen LogP contribution in [0.2, 0.25) is 0 Å². The number of aromatic nitrogens is 4. The van der Waals surface area contributed by atoms with E-state index in [-0.39, 0.29) is 23.0 Å². The number of hydrogen-bond acceptors (Lipinski definition) is 5. The van der Waals surface area contributed by atoms with Gasteiger partial charge in [-0.3, -0.25) is 9.48 Å². The van der Waals surface area contributed by atoms with Gasteiger partial charge in [-0.2, -0.15) is 5.10 Å². The van der Waals surface area contributed by atoms with E-state index in [1.165, 1.54) is 24.6 Å². The number of benzene rings is 1. The van der Waals surface area contributed by atoms with Gasteiger partial charge in [0.15, 0.2) is 5.69 Å². The molecule has 2 aromatic heterocycles. The Morgan fingerprint density at radius 1 is 1.36 bits per heavy atom. The van der Waals surface area contributed by atoms with E-state index in [9.17, 15) is 19.4 Å². The number of imidazole rings is 1. The molecule has 1 amide bonds. The molecule has 0 spiro atoms. The Balaban J connectivity index is 1.76. The largest absolute Gasteiger partial charge is 0.380 e. The lowest BCUT2D eigenvalue weighted by molar-refractivity contribution is 0.0989. The molecule has 0 saturated carbocycles. The lowest BCUT2D eigenvalue weighted by Gasteiger charge is -2.27. The van der Waals surface area contributed by atoms with E-state index in [0.717, 1.165) is 5.57 Å². The minimum Gasteiger partial charge on any atom is -0.380 e. The predicted molar refractivity (Wildman–Crippen MR) is 118 cm³/mol. The molecule has 2 bridgehead atoms. The number of aliphatic hydroxyl groups is 2. The second kappa shape index (κ2) is 7.13. The number of amides is 1. The molecule has 2 unspecified atom stereocenters. The normalized spacial score (nSPS) is 17.0. The summed E-state index contributed by atoms with van der Waals surface area (Å²) in [6.07, 6.45) is 2.90. The number of aliphatic hydroxyl groups excluding tert-OH is 1. The van der Waals surface area contributed by atoms with Crippen LogP contribution >= 0.6 is 0 Å². The minimum absolute atomic E-state index is 0.0538. The lowest BCUT2D eigenvalue weighted by atomic mass is 9.86. The number of halogens is 1. The quantitative estimate of drug-likeness (QED) is 0.531. The van der Waals surface area contributed by atoms with Crippen molar-refractivity contribution in [2.45, 2.75) is 38.0 Å². The Bertz CT molecular complexity index is 1410. The van der Waals surface area contributed by atoms with Crippen LogP contribution < -0.4 is 5.73 Å². The maximum atomic E-state index is 14.9. The topological polar surface area (TPSA) is 119 Å². The molecule has 2 aliphatic heterocycles. The van der Waals surface area contributed by atoms with E-state index in [0.29, 0.717) is 29.1 Å². The highest BCUT2D eigenvalue weighted by Crippen LogP contribution is 2.49. The molecular weight excluding hydrogens is 425 g/mol. The Kier molecular flexibility index (Phi) is 4.57. The minimum atomic E-state index is -1.29. The average Bonchev–Trinajstić information content (AvgIpc) is 3.24. The average molecular weight is 447 g/mol. The molecule has 3 aromatic rings. The van der Waals surface area contributed by atoms with Crippen molar-refractivity contribution in [2.75, 3.05) is 0 Å². The highest BCUT2D eigenvalue weighted by molar-refractivity contribution is 5.94. The molecule has 0 radical (unpaired) electrons. The summed E-state index contributed by atoms with van der Waals surface area (Å²) < 4.78 is 18.2. The summed E-state index contributed by atoms with van der Waals surface area (Å²) >= 11 is 0. The molecule has 1 aromatic carbocycles. The van der Waals surface area contributed by atoms with Crippen molar-refractivity contribution in [3.05, 3.63) is 64.5 Å². The zero-order chi connectivity index (χ0) is 23.7. The van der Waals surface area contributed by atoms with Gasteiger partial charge in [-0.1, -0.05) is 17.9 Å². The Morgan fingerprint density at radius 2 is 2.09 bits per heavy atom.